The molecule has 0 spiro atoms. The highest BCUT2D eigenvalue weighted by Crippen LogP contribution is 2.29. The van der Waals surface area contributed by atoms with Crippen molar-refractivity contribution in [3.05, 3.63) is 77.9 Å². The summed E-state index contributed by atoms with van der Waals surface area (Å²) in [5, 5.41) is 7.69. The lowest BCUT2D eigenvalue weighted by molar-refractivity contribution is -0.142. The first-order valence-corrected chi connectivity index (χ1v) is 13.3. The third-order valence-corrected chi connectivity index (χ3v) is 6.37. The lowest BCUT2D eigenvalue weighted by Gasteiger charge is -2.37. The summed E-state index contributed by atoms with van der Waals surface area (Å²) in [5.74, 6) is -0.747. The number of nitrogens with one attached hydrogen (secondary N) is 2. The van der Waals surface area contributed by atoms with Gasteiger partial charge in [-0.05, 0) is 75.6 Å². The Labute approximate surface area is 230 Å². The van der Waals surface area contributed by atoms with Crippen LogP contribution < -0.4 is 10.6 Å². The number of carbonyl (C=O) groups is 3. The van der Waals surface area contributed by atoms with E-state index in [0.717, 1.165) is 16.3 Å². The van der Waals surface area contributed by atoms with E-state index in [0.29, 0.717) is 11.3 Å². The summed E-state index contributed by atoms with van der Waals surface area (Å²) in [7, 11) is 0. The van der Waals surface area contributed by atoms with Crippen molar-refractivity contribution in [3.8, 4) is 0 Å². The van der Waals surface area contributed by atoms with Crippen LogP contribution in [-0.4, -0.2) is 46.2 Å². The second kappa shape index (κ2) is 12.3. The van der Waals surface area contributed by atoms with Gasteiger partial charge in [-0.2, -0.15) is 12.6 Å². The topological polar surface area (TPSA) is 87.7 Å². The Kier molecular flexibility index (Phi) is 9.44. The fraction of sp³-hybridized carbons (Fsp3) is 0.367. The molecule has 7 nitrogen and oxygen atoms in total. The number of fused-ring (bicyclic) bond motifs is 1. The minimum absolute atomic E-state index is 0.0358. The third-order valence-electron chi connectivity index (χ3n) is 6.01. The first-order chi connectivity index (χ1) is 17.9. The van der Waals surface area contributed by atoms with Crippen LogP contribution in [0.1, 0.15) is 51.8 Å². The predicted octanol–water partition coefficient (Wildman–Crippen LogP) is 5.89. The molecule has 2 unspecified atom stereocenters. The minimum Gasteiger partial charge on any atom is -0.444 e. The molecule has 0 aromatic heterocycles. The number of carbonyl (C=O) groups excluding carboxylic acids is 3. The number of thiol groups is 1. The zero-order valence-electron chi connectivity index (χ0n) is 22.8. The maximum atomic E-state index is 13.9. The van der Waals surface area contributed by atoms with Crippen LogP contribution in [0.2, 0.25) is 0 Å². The van der Waals surface area contributed by atoms with E-state index in [1.165, 1.54) is 4.90 Å². The number of alkyl carbamates (subject to hydrolysis) is 1. The molecule has 0 aliphatic heterocycles. The number of amides is 3. The number of hydrogen-bond donors (Lipinski definition) is 3. The number of nitrogens with zero attached hydrogens (tertiary/aromatic N) is 1. The van der Waals surface area contributed by atoms with Gasteiger partial charge in [0.15, 0.2) is 0 Å². The van der Waals surface area contributed by atoms with Gasteiger partial charge in [0, 0.05) is 17.5 Å². The minimum atomic E-state index is -0.990. The molecule has 3 aromatic rings. The Balaban J connectivity index is 1.98. The molecule has 38 heavy (non-hydrogen) atoms. The molecule has 202 valence electrons. The van der Waals surface area contributed by atoms with E-state index in [2.05, 4.69) is 23.3 Å². The zero-order valence-corrected chi connectivity index (χ0v) is 23.7. The molecule has 2 N–H and O–H groups in total. The quantitative estimate of drug-likeness (QED) is 0.314. The van der Waals surface area contributed by atoms with Crippen LogP contribution in [0.4, 0.5) is 10.5 Å². The van der Waals surface area contributed by atoms with Crippen molar-refractivity contribution in [2.24, 2.45) is 0 Å². The van der Waals surface area contributed by atoms with Crippen molar-refractivity contribution in [2.75, 3.05) is 11.1 Å². The smallest absolute Gasteiger partial charge is 0.408 e. The van der Waals surface area contributed by atoms with Crippen LogP contribution >= 0.6 is 12.6 Å². The van der Waals surface area contributed by atoms with E-state index in [9.17, 15) is 14.4 Å². The van der Waals surface area contributed by atoms with Crippen molar-refractivity contribution in [3.63, 3.8) is 0 Å². The summed E-state index contributed by atoms with van der Waals surface area (Å²) in [4.78, 5) is 41.8. The van der Waals surface area contributed by atoms with Crippen molar-refractivity contribution >= 4 is 47.0 Å². The molecular weight excluding hydrogens is 498 g/mol. The Hall–Kier alpha value is -3.52. The molecule has 0 heterocycles. The van der Waals surface area contributed by atoms with E-state index < -0.39 is 29.7 Å². The number of anilines is 1. The molecule has 3 amide bonds. The molecule has 0 aliphatic rings. The summed E-state index contributed by atoms with van der Waals surface area (Å²) >= 11 is 4.33. The van der Waals surface area contributed by atoms with E-state index in [4.69, 9.17) is 4.74 Å². The molecule has 3 rings (SSSR count). The molecule has 0 fully saturated rings. The first kappa shape index (κ1) is 29.0. The molecule has 0 aliphatic carbocycles. The third kappa shape index (κ3) is 7.28. The molecule has 8 heteroatoms. The second-order valence-electron chi connectivity index (χ2n) is 10.5. The number of benzene rings is 3. The standard InChI is InChI=1S/C30H37N3O4S/c1-19(2)33(28(35)25(18-38)32-29(36)37-30(4,5)6)26(24-14-10-7-11-20(24)3)27(34)31-23-16-15-21-12-8-9-13-22(21)17-23/h7-17,19,25-26,38H,18H2,1-6H3,(H,31,34)(H,32,36). The lowest BCUT2D eigenvalue weighted by atomic mass is 9.97. The van der Waals surface area contributed by atoms with Crippen LogP contribution in [0, 0.1) is 6.92 Å². The van der Waals surface area contributed by atoms with Crippen molar-refractivity contribution in [1.82, 2.24) is 10.2 Å². The van der Waals surface area contributed by atoms with Crippen LogP contribution in [0.3, 0.4) is 0 Å². The summed E-state index contributed by atoms with van der Waals surface area (Å²) < 4.78 is 5.35. The van der Waals surface area contributed by atoms with Crippen molar-refractivity contribution in [2.45, 2.75) is 65.3 Å². The normalized spacial score (nSPS) is 13.1. The highest BCUT2D eigenvalue weighted by molar-refractivity contribution is 7.80. The lowest BCUT2D eigenvalue weighted by Crippen LogP contribution is -2.55. The van der Waals surface area contributed by atoms with E-state index >= 15 is 0 Å². The number of ether oxygens (including phenoxy) is 1. The molecule has 0 saturated carbocycles. The van der Waals surface area contributed by atoms with Gasteiger partial charge in [0.25, 0.3) is 5.91 Å². The van der Waals surface area contributed by atoms with Crippen LogP contribution in [0.5, 0.6) is 0 Å². The van der Waals surface area contributed by atoms with Gasteiger partial charge >= 0.3 is 6.09 Å². The summed E-state index contributed by atoms with van der Waals surface area (Å²) in [5.41, 5.74) is 1.46. The SMILES string of the molecule is Cc1ccccc1C(C(=O)Nc1ccc2ccccc2c1)N(C(=O)C(CS)NC(=O)OC(C)(C)C)C(C)C. The number of aryl methyl sites for hydroxylation is 1. The van der Waals surface area contributed by atoms with Gasteiger partial charge < -0.3 is 20.3 Å². The molecule has 0 radical (unpaired) electrons. The monoisotopic (exact) mass is 535 g/mol. The Morgan fingerprint density at radius 2 is 1.58 bits per heavy atom. The number of hydrogen-bond acceptors (Lipinski definition) is 5. The maximum absolute atomic E-state index is 13.9. The highest BCUT2D eigenvalue weighted by atomic mass is 32.1. The van der Waals surface area contributed by atoms with Gasteiger partial charge in [-0.3, -0.25) is 9.59 Å². The Bertz CT molecular complexity index is 1300. The Morgan fingerprint density at radius 3 is 2.18 bits per heavy atom. The van der Waals surface area contributed by atoms with Gasteiger partial charge in [0.05, 0.1) is 0 Å². The van der Waals surface area contributed by atoms with Crippen molar-refractivity contribution in [1.29, 1.82) is 0 Å². The van der Waals surface area contributed by atoms with Crippen molar-refractivity contribution < 1.29 is 19.1 Å². The van der Waals surface area contributed by atoms with Gasteiger partial charge in [0.1, 0.15) is 17.7 Å². The van der Waals surface area contributed by atoms with Gasteiger partial charge in [-0.25, -0.2) is 4.79 Å². The number of rotatable bonds is 8. The largest absolute Gasteiger partial charge is 0.444 e. The van der Waals surface area contributed by atoms with E-state index in [-0.39, 0.29) is 17.7 Å². The summed E-state index contributed by atoms with van der Waals surface area (Å²) in [6.07, 6.45) is -0.721. The van der Waals surface area contributed by atoms with E-state index in [1.54, 1.807) is 20.8 Å². The fourth-order valence-corrected chi connectivity index (χ4v) is 4.53. The zero-order chi connectivity index (χ0) is 28.0. The first-order valence-electron chi connectivity index (χ1n) is 12.7. The van der Waals surface area contributed by atoms with Crippen LogP contribution in [0.15, 0.2) is 66.7 Å². The summed E-state index contributed by atoms with van der Waals surface area (Å²) in [6.45, 7) is 10.8. The molecule has 0 saturated heterocycles. The molecule has 2 atom stereocenters. The van der Waals surface area contributed by atoms with Crippen LogP contribution in [0.25, 0.3) is 10.8 Å². The predicted molar refractivity (Wildman–Crippen MR) is 155 cm³/mol. The molecular formula is C30H37N3O4S. The average molecular weight is 536 g/mol. The molecule has 0 bridgehead atoms. The van der Waals surface area contributed by atoms with Gasteiger partial charge in [0.2, 0.25) is 5.91 Å². The van der Waals surface area contributed by atoms with Crippen LogP contribution in [-0.2, 0) is 14.3 Å². The van der Waals surface area contributed by atoms with Gasteiger partial charge in [-0.1, -0.05) is 54.6 Å². The Morgan fingerprint density at radius 1 is 0.947 bits per heavy atom. The van der Waals surface area contributed by atoms with E-state index in [1.807, 2.05) is 87.5 Å². The average Bonchev–Trinajstić information content (AvgIpc) is 2.84. The second-order valence-corrected chi connectivity index (χ2v) is 10.9. The fourth-order valence-electron chi connectivity index (χ4n) is 4.28. The van der Waals surface area contributed by atoms with Gasteiger partial charge in [-0.15, -0.1) is 0 Å². The highest BCUT2D eigenvalue weighted by Gasteiger charge is 2.38. The summed E-state index contributed by atoms with van der Waals surface area (Å²) in [6, 6.07) is 18.8. The maximum Gasteiger partial charge on any atom is 0.408 e. The molecule has 3 aromatic carbocycles.